The van der Waals surface area contributed by atoms with E-state index in [0.29, 0.717) is 24.7 Å². The Kier molecular flexibility index (Phi) is 5.20. The van der Waals surface area contributed by atoms with Crippen molar-refractivity contribution in [3.8, 4) is 11.6 Å². The van der Waals surface area contributed by atoms with Crippen molar-refractivity contribution in [2.24, 2.45) is 0 Å². The number of amides is 1. The van der Waals surface area contributed by atoms with Crippen LogP contribution < -0.4 is 9.47 Å². The third-order valence-electron chi connectivity index (χ3n) is 3.75. The van der Waals surface area contributed by atoms with Crippen LogP contribution in [-0.4, -0.2) is 46.6 Å². The van der Waals surface area contributed by atoms with Crippen LogP contribution >= 0.6 is 0 Å². The highest BCUT2D eigenvalue weighted by atomic mass is 19.1. The molecular weight excluding hydrogens is 313 g/mol. The maximum absolute atomic E-state index is 12.8. The van der Waals surface area contributed by atoms with E-state index in [2.05, 4.69) is 9.97 Å². The summed E-state index contributed by atoms with van der Waals surface area (Å²) in [4.78, 5) is 21.9. The molecule has 0 bridgehead atoms. The molecule has 126 valence electrons. The van der Waals surface area contributed by atoms with E-state index in [1.807, 2.05) is 0 Å². The summed E-state index contributed by atoms with van der Waals surface area (Å²) in [7, 11) is 0. The summed E-state index contributed by atoms with van der Waals surface area (Å²) in [5.74, 6) is 0.520. The van der Waals surface area contributed by atoms with Crippen LogP contribution in [0.25, 0.3) is 0 Å². The second-order valence-electron chi connectivity index (χ2n) is 5.51. The number of ether oxygens (including phenoxy) is 2. The van der Waals surface area contributed by atoms with Gasteiger partial charge in [-0.3, -0.25) is 4.79 Å². The summed E-state index contributed by atoms with van der Waals surface area (Å²) in [5.41, 5.74) is 0. The summed E-state index contributed by atoms with van der Waals surface area (Å²) >= 11 is 0. The van der Waals surface area contributed by atoms with E-state index in [1.54, 1.807) is 17.2 Å². The topological polar surface area (TPSA) is 64.5 Å². The van der Waals surface area contributed by atoms with Crippen molar-refractivity contribution in [2.45, 2.75) is 18.9 Å². The molecule has 24 heavy (non-hydrogen) atoms. The number of aromatic nitrogens is 2. The Hall–Kier alpha value is -2.70. The molecule has 3 rings (SSSR count). The van der Waals surface area contributed by atoms with E-state index >= 15 is 0 Å². The monoisotopic (exact) mass is 331 g/mol. The van der Waals surface area contributed by atoms with Crippen LogP contribution in [0.15, 0.2) is 42.9 Å². The first-order valence-electron chi connectivity index (χ1n) is 7.79. The third-order valence-corrected chi connectivity index (χ3v) is 3.75. The number of halogens is 1. The van der Waals surface area contributed by atoms with Gasteiger partial charge < -0.3 is 14.4 Å². The highest BCUT2D eigenvalue weighted by molar-refractivity contribution is 5.77. The average Bonchev–Trinajstić information content (AvgIpc) is 2.62. The third kappa shape index (κ3) is 4.41. The molecular formula is C17H18FN3O3. The van der Waals surface area contributed by atoms with Gasteiger partial charge in [0, 0.05) is 18.8 Å². The zero-order valence-electron chi connectivity index (χ0n) is 13.1. The van der Waals surface area contributed by atoms with Crippen molar-refractivity contribution in [1.29, 1.82) is 0 Å². The molecule has 2 aromatic rings. The normalized spacial score (nSPS) is 17.4. The van der Waals surface area contributed by atoms with E-state index in [-0.39, 0.29) is 24.4 Å². The molecule has 7 heteroatoms. The molecule has 2 heterocycles. The number of benzene rings is 1. The zero-order valence-corrected chi connectivity index (χ0v) is 13.1. The minimum Gasteiger partial charge on any atom is -0.484 e. The van der Waals surface area contributed by atoms with E-state index < -0.39 is 0 Å². The highest BCUT2D eigenvalue weighted by Gasteiger charge is 2.25. The van der Waals surface area contributed by atoms with Crippen LogP contribution in [0.2, 0.25) is 0 Å². The van der Waals surface area contributed by atoms with Gasteiger partial charge in [0.2, 0.25) is 5.88 Å². The van der Waals surface area contributed by atoms with Gasteiger partial charge in [-0.1, -0.05) is 0 Å². The van der Waals surface area contributed by atoms with Gasteiger partial charge in [-0.2, -0.15) is 0 Å². The van der Waals surface area contributed by atoms with Crippen LogP contribution in [0, 0.1) is 5.82 Å². The second-order valence-corrected chi connectivity index (χ2v) is 5.51. The van der Waals surface area contributed by atoms with Crippen LogP contribution in [0.3, 0.4) is 0 Å². The number of carbonyl (C=O) groups is 1. The van der Waals surface area contributed by atoms with Crippen LogP contribution in [0.5, 0.6) is 11.6 Å². The molecule has 1 atom stereocenters. The number of hydrogen-bond donors (Lipinski definition) is 0. The summed E-state index contributed by atoms with van der Waals surface area (Å²) in [6.07, 6.45) is 4.68. The highest BCUT2D eigenvalue weighted by Crippen LogP contribution is 2.17. The van der Waals surface area contributed by atoms with Crippen molar-refractivity contribution < 1.29 is 18.7 Å². The van der Waals surface area contributed by atoms with Crippen LogP contribution in [0.1, 0.15) is 12.8 Å². The Labute approximate surface area is 139 Å². The van der Waals surface area contributed by atoms with Crippen molar-refractivity contribution in [3.63, 3.8) is 0 Å². The van der Waals surface area contributed by atoms with Gasteiger partial charge in [0.1, 0.15) is 24.0 Å². The van der Waals surface area contributed by atoms with Gasteiger partial charge in [0.25, 0.3) is 5.91 Å². The van der Waals surface area contributed by atoms with Gasteiger partial charge >= 0.3 is 0 Å². The molecule has 1 aromatic heterocycles. The van der Waals surface area contributed by atoms with E-state index in [1.165, 1.54) is 30.6 Å². The number of likely N-dealkylation sites (tertiary alicyclic amines) is 1. The predicted molar refractivity (Wildman–Crippen MR) is 84.2 cm³/mol. The Morgan fingerprint density at radius 2 is 2.12 bits per heavy atom. The quantitative estimate of drug-likeness (QED) is 0.839. The Morgan fingerprint density at radius 1 is 1.29 bits per heavy atom. The maximum Gasteiger partial charge on any atom is 0.260 e. The number of rotatable bonds is 5. The molecule has 6 nitrogen and oxygen atoms in total. The number of nitrogens with zero attached hydrogens (tertiary/aromatic N) is 3. The fourth-order valence-electron chi connectivity index (χ4n) is 2.55. The first-order chi connectivity index (χ1) is 11.7. The fraction of sp³-hybridized carbons (Fsp3) is 0.353. The molecule has 1 aliphatic rings. The molecule has 0 aliphatic carbocycles. The van der Waals surface area contributed by atoms with Gasteiger partial charge in [-0.25, -0.2) is 14.4 Å². The second kappa shape index (κ2) is 7.72. The number of piperidine rings is 1. The molecule has 0 unspecified atom stereocenters. The Morgan fingerprint density at radius 3 is 2.88 bits per heavy atom. The Bertz CT molecular complexity index is 667. The summed E-state index contributed by atoms with van der Waals surface area (Å²) in [6.45, 7) is 1.09. The van der Waals surface area contributed by atoms with Crippen molar-refractivity contribution in [2.75, 3.05) is 19.7 Å². The minimum absolute atomic E-state index is 0.0775. The van der Waals surface area contributed by atoms with E-state index in [9.17, 15) is 9.18 Å². The maximum atomic E-state index is 12.8. The Balaban J connectivity index is 1.50. The molecule has 0 radical (unpaired) electrons. The van der Waals surface area contributed by atoms with E-state index in [4.69, 9.17) is 9.47 Å². The van der Waals surface area contributed by atoms with Gasteiger partial charge in [-0.05, 0) is 37.1 Å². The number of hydrogen-bond acceptors (Lipinski definition) is 5. The smallest absolute Gasteiger partial charge is 0.260 e. The lowest BCUT2D eigenvalue weighted by atomic mass is 10.1. The number of carbonyl (C=O) groups excluding carboxylic acids is 1. The summed E-state index contributed by atoms with van der Waals surface area (Å²) < 4.78 is 24.0. The SMILES string of the molecule is O=C(COc1ccc(F)cc1)N1CCC[C@H](Oc2ccncn2)C1. The van der Waals surface area contributed by atoms with Gasteiger partial charge in [-0.15, -0.1) is 0 Å². The van der Waals surface area contributed by atoms with E-state index in [0.717, 1.165) is 12.8 Å². The first kappa shape index (κ1) is 16.2. The lowest BCUT2D eigenvalue weighted by Gasteiger charge is -2.32. The van der Waals surface area contributed by atoms with Gasteiger partial charge in [0.15, 0.2) is 6.61 Å². The molecule has 1 amide bonds. The molecule has 0 spiro atoms. The molecule has 1 saturated heterocycles. The van der Waals surface area contributed by atoms with Crippen molar-refractivity contribution in [1.82, 2.24) is 14.9 Å². The van der Waals surface area contributed by atoms with Crippen LogP contribution in [-0.2, 0) is 4.79 Å². The summed E-state index contributed by atoms with van der Waals surface area (Å²) in [5, 5.41) is 0. The summed E-state index contributed by atoms with van der Waals surface area (Å²) in [6, 6.07) is 7.29. The zero-order chi connectivity index (χ0) is 16.8. The molecule has 1 aliphatic heterocycles. The standard InChI is InChI=1S/C17H18FN3O3/c18-13-3-5-14(6-4-13)23-11-17(22)21-9-1-2-15(10-21)24-16-7-8-19-12-20-16/h3-8,12,15H,1-2,9-11H2/t15-/m0/s1. The van der Waals surface area contributed by atoms with Crippen LogP contribution in [0.4, 0.5) is 4.39 Å². The van der Waals surface area contributed by atoms with Crippen molar-refractivity contribution in [3.05, 3.63) is 48.7 Å². The lowest BCUT2D eigenvalue weighted by Crippen LogP contribution is -2.46. The molecule has 0 N–H and O–H groups in total. The predicted octanol–water partition coefficient (Wildman–Crippen LogP) is 2.06. The largest absolute Gasteiger partial charge is 0.484 e. The average molecular weight is 331 g/mol. The minimum atomic E-state index is -0.339. The first-order valence-corrected chi connectivity index (χ1v) is 7.79. The molecule has 1 aromatic carbocycles. The van der Waals surface area contributed by atoms with Crippen molar-refractivity contribution >= 4 is 5.91 Å². The fourth-order valence-corrected chi connectivity index (χ4v) is 2.55. The van der Waals surface area contributed by atoms with Gasteiger partial charge in [0.05, 0.1) is 6.54 Å². The molecule has 0 saturated carbocycles. The molecule has 1 fully saturated rings. The lowest BCUT2D eigenvalue weighted by molar-refractivity contribution is -0.136.